The number of ether oxygens (including phenoxy) is 2. The van der Waals surface area contributed by atoms with Gasteiger partial charge < -0.3 is 19.3 Å². The molecule has 6 heteroatoms. The summed E-state index contributed by atoms with van der Waals surface area (Å²) in [5.74, 6) is 1.95. The minimum absolute atomic E-state index is 0.497. The summed E-state index contributed by atoms with van der Waals surface area (Å²) in [6.07, 6.45) is 4.57. The highest BCUT2D eigenvalue weighted by Crippen LogP contribution is 2.52. The van der Waals surface area contributed by atoms with Gasteiger partial charge in [-0.3, -0.25) is 4.57 Å². The molecule has 2 N–H and O–H groups in total. The molecule has 1 aromatic carbocycles. The maximum atomic E-state index is 12.3. The summed E-state index contributed by atoms with van der Waals surface area (Å²) in [7, 11) is -4.45. The Morgan fingerprint density at radius 2 is 1.90 bits per heavy atom. The molecular weight excluding hydrogens is 387 g/mol. The van der Waals surface area contributed by atoms with Gasteiger partial charge >= 0.3 is 7.60 Å². The van der Waals surface area contributed by atoms with Crippen LogP contribution in [0.15, 0.2) is 18.2 Å². The normalized spacial score (nSPS) is 18.0. The third kappa shape index (κ3) is 7.01. The molecule has 0 radical (unpaired) electrons. The highest BCUT2D eigenvalue weighted by Gasteiger charge is 2.44. The van der Waals surface area contributed by atoms with E-state index in [0.717, 1.165) is 37.0 Å². The van der Waals surface area contributed by atoms with Gasteiger partial charge in [0.15, 0.2) is 0 Å². The Bertz CT molecular complexity index is 709. The SMILES string of the molecule is CC(CCC(C)(C)C(Oc1ccc2c(c1)CCCO2)P(=O)(O)O)CC(C)C(C)C. The lowest BCUT2D eigenvalue weighted by atomic mass is 9.81. The minimum Gasteiger partial charge on any atom is -0.493 e. The lowest BCUT2D eigenvalue weighted by Crippen LogP contribution is -2.35. The van der Waals surface area contributed by atoms with Crippen molar-refractivity contribution in [1.82, 2.24) is 0 Å². The number of benzene rings is 1. The Morgan fingerprint density at radius 1 is 1.21 bits per heavy atom. The van der Waals surface area contributed by atoms with Crippen LogP contribution in [0.1, 0.15) is 72.8 Å². The van der Waals surface area contributed by atoms with Gasteiger partial charge in [-0.05, 0) is 67.2 Å². The molecule has 1 heterocycles. The van der Waals surface area contributed by atoms with Crippen LogP contribution in [0.5, 0.6) is 11.5 Å². The summed E-state index contributed by atoms with van der Waals surface area (Å²) in [4.78, 5) is 20.1. The summed E-state index contributed by atoms with van der Waals surface area (Å²) in [6, 6.07) is 5.44. The molecule has 1 aliphatic heterocycles. The van der Waals surface area contributed by atoms with Crippen molar-refractivity contribution in [3.63, 3.8) is 0 Å². The van der Waals surface area contributed by atoms with Gasteiger partial charge in [-0.25, -0.2) is 0 Å². The highest BCUT2D eigenvalue weighted by atomic mass is 31.2. The maximum Gasteiger partial charge on any atom is 0.366 e. The lowest BCUT2D eigenvalue weighted by Gasteiger charge is -2.36. The molecule has 0 aromatic heterocycles. The molecule has 2 rings (SSSR count). The molecule has 3 unspecified atom stereocenters. The first-order valence-corrected chi connectivity index (χ1v) is 12.6. The summed E-state index contributed by atoms with van der Waals surface area (Å²) in [6.45, 7) is 13.5. The van der Waals surface area contributed by atoms with E-state index in [0.29, 0.717) is 36.5 Å². The number of fused-ring (bicyclic) bond motifs is 1. The van der Waals surface area contributed by atoms with Crippen LogP contribution in [-0.4, -0.2) is 22.2 Å². The summed E-state index contributed by atoms with van der Waals surface area (Å²) < 4.78 is 23.9. The molecule has 166 valence electrons. The van der Waals surface area contributed by atoms with Gasteiger partial charge in [0.05, 0.1) is 6.61 Å². The first-order valence-electron chi connectivity index (χ1n) is 10.9. The van der Waals surface area contributed by atoms with Crippen LogP contribution in [0.3, 0.4) is 0 Å². The zero-order valence-corrected chi connectivity index (χ0v) is 19.7. The molecule has 29 heavy (non-hydrogen) atoms. The molecule has 1 aromatic rings. The number of rotatable bonds is 10. The van der Waals surface area contributed by atoms with Crippen LogP contribution >= 0.6 is 7.60 Å². The van der Waals surface area contributed by atoms with Crippen molar-refractivity contribution in [1.29, 1.82) is 0 Å². The van der Waals surface area contributed by atoms with E-state index in [9.17, 15) is 14.4 Å². The molecule has 0 fully saturated rings. The number of aryl methyl sites for hydroxylation is 1. The molecule has 0 aliphatic carbocycles. The van der Waals surface area contributed by atoms with E-state index in [-0.39, 0.29) is 0 Å². The van der Waals surface area contributed by atoms with E-state index in [2.05, 4.69) is 27.7 Å². The van der Waals surface area contributed by atoms with Crippen LogP contribution in [0, 0.1) is 23.2 Å². The summed E-state index contributed by atoms with van der Waals surface area (Å²) in [5.41, 5.74) is 0.383. The molecule has 0 bridgehead atoms. The third-order valence-electron chi connectivity index (χ3n) is 6.30. The number of hydrogen-bond donors (Lipinski definition) is 2. The Balaban J connectivity index is 2.09. The largest absolute Gasteiger partial charge is 0.493 e. The van der Waals surface area contributed by atoms with Crippen LogP contribution in [0.4, 0.5) is 0 Å². The standard InChI is InChI=1S/C23H39O5P/c1-16(2)18(4)14-17(3)11-12-23(5,6)22(29(24,25)26)28-20-9-10-21-19(15-20)8-7-13-27-21/h9-10,15-18,22H,7-8,11-14H2,1-6H3,(H2,24,25,26). The van der Waals surface area contributed by atoms with Crippen molar-refractivity contribution in [2.75, 3.05) is 6.61 Å². The van der Waals surface area contributed by atoms with Crippen LogP contribution < -0.4 is 9.47 Å². The Kier molecular flexibility index (Phi) is 8.23. The van der Waals surface area contributed by atoms with E-state index < -0.39 is 18.9 Å². The van der Waals surface area contributed by atoms with Gasteiger partial charge in [-0.1, -0.05) is 48.0 Å². The van der Waals surface area contributed by atoms with Crippen molar-refractivity contribution in [3.05, 3.63) is 23.8 Å². The second-order valence-corrected chi connectivity index (χ2v) is 11.5. The van der Waals surface area contributed by atoms with Crippen molar-refractivity contribution < 1.29 is 23.8 Å². The number of hydrogen-bond acceptors (Lipinski definition) is 3. The van der Waals surface area contributed by atoms with Gasteiger partial charge in [0.1, 0.15) is 11.5 Å². The average Bonchev–Trinajstić information content (AvgIpc) is 2.63. The predicted molar refractivity (Wildman–Crippen MR) is 118 cm³/mol. The quantitative estimate of drug-likeness (QED) is 0.448. The first kappa shape index (κ1) is 24.2. The Labute approximate surface area is 176 Å². The van der Waals surface area contributed by atoms with Gasteiger partial charge in [-0.2, -0.15) is 0 Å². The first-order chi connectivity index (χ1) is 13.4. The van der Waals surface area contributed by atoms with Crippen molar-refractivity contribution in [3.8, 4) is 11.5 Å². The van der Waals surface area contributed by atoms with Crippen molar-refractivity contribution >= 4 is 7.60 Å². The second-order valence-electron chi connectivity index (χ2n) is 9.87. The molecular formula is C23H39O5P. The molecule has 0 amide bonds. The van der Waals surface area contributed by atoms with Gasteiger partial charge in [-0.15, -0.1) is 0 Å². The zero-order chi connectivity index (χ0) is 21.8. The molecule has 5 nitrogen and oxygen atoms in total. The zero-order valence-electron chi connectivity index (χ0n) is 18.9. The fourth-order valence-corrected chi connectivity index (χ4v) is 5.29. The van der Waals surface area contributed by atoms with Crippen molar-refractivity contribution in [2.45, 2.75) is 79.5 Å². The van der Waals surface area contributed by atoms with E-state index >= 15 is 0 Å². The van der Waals surface area contributed by atoms with Gasteiger partial charge in [0.25, 0.3) is 0 Å². The third-order valence-corrected chi connectivity index (χ3v) is 7.71. The summed E-state index contributed by atoms with van der Waals surface area (Å²) >= 11 is 0. The molecule has 0 saturated carbocycles. The van der Waals surface area contributed by atoms with E-state index in [1.165, 1.54) is 0 Å². The van der Waals surface area contributed by atoms with E-state index in [4.69, 9.17) is 9.47 Å². The van der Waals surface area contributed by atoms with E-state index in [1.807, 2.05) is 26.0 Å². The minimum atomic E-state index is -4.45. The van der Waals surface area contributed by atoms with Crippen LogP contribution in [0.25, 0.3) is 0 Å². The lowest BCUT2D eigenvalue weighted by molar-refractivity contribution is 0.0965. The van der Waals surface area contributed by atoms with Gasteiger partial charge in [0.2, 0.25) is 5.85 Å². The van der Waals surface area contributed by atoms with Crippen LogP contribution in [-0.2, 0) is 11.0 Å². The molecule has 3 atom stereocenters. The smallest absolute Gasteiger partial charge is 0.366 e. The highest BCUT2D eigenvalue weighted by molar-refractivity contribution is 7.52. The average molecular weight is 427 g/mol. The predicted octanol–water partition coefficient (Wildman–Crippen LogP) is 6.02. The fraction of sp³-hybridized carbons (Fsp3) is 0.739. The Hall–Kier alpha value is -1.03. The maximum absolute atomic E-state index is 12.3. The van der Waals surface area contributed by atoms with E-state index in [1.54, 1.807) is 6.07 Å². The molecule has 0 saturated heterocycles. The van der Waals surface area contributed by atoms with Gasteiger partial charge in [0, 0.05) is 5.41 Å². The fourth-order valence-electron chi connectivity index (χ4n) is 3.99. The molecule has 1 aliphatic rings. The van der Waals surface area contributed by atoms with Crippen molar-refractivity contribution in [2.24, 2.45) is 23.2 Å². The monoisotopic (exact) mass is 426 g/mol. The van der Waals surface area contributed by atoms with Crippen LogP contribution in [0.2, 0.25) is 0 Å². The molecule has 0 spiro atoms. The Morgan fingerprint density at radius 3 is 2.52 bits per heavy atom. The summed E-state index contributed by atoms with van der Waals surface area (Å²) in [5, 5.41) is 0. The second kappa shape index (κ2) is 9.85. The topological polar surface area (TPSA) is 76.0 Å².